The van der Waals surface area contributed by atoms with Gasteiger partial charge in [-0.3, -0.25) is 0 Å². The number of hydrogen-bond acceptors (Lipinski definition) is 5. The molecule has 0 bridgehead atoms. The summed E-state index contributed by atoms with van der Waals surface area (Å²) in [6.07, 6.45) is 0. The highest BCUT2D eigenvalue weighted by molar-refractivity contribution is 7.89. The van der Waals surface area contributed by atoms with E-state index in [1.165, 1.54) is 6.07 Å². The molecule has 0 aliphatic carbocycles. The standard InChI is InChI=1S/C14H15N3O3S/c15-10-1-3-11(4-2-10)20-12-5-6-13-14(9-12)21(18,19)17-8-7-16-13/h1-6,9,16-17H,7-8,15H2. The quantitative estimate of drug-likeness (QED) is 0.735. The number of sulfonamides is 1. The summed E-state index contributed by atoms with van der Waals surface area (Å²) in [4.78, 5) is 0.188. The van der Waals surface area contributed by atoms with E-state index in [1.807, 2.05) is 0 Å². The molecule has 1 aliphatic rings. The number of rotatable bonds is 2. The number of nitrogen functional groups attached to an aromatic ring is 1. The number of hydrogen-bond donors (Lipinski definition) is 3. The van der Waals surface area contributed by atoms with E-state index in [0.29, 0.717) is 36.0 Å². The summed E-state index contributed by atoms with van der Waals surface area (Å²) in [7, 11) is -3.51. The Hall–Kier alpha value is -2.25. The van der Waals surface area contributed by atoms with E-state index in [2.05, 4.69) is 10.0 Å². The molecule has 0 spiro atoms. The Kier molecular flexibility index (Phi) is 3.44. The second kappa shape index (κ2) is 5.27. The first-order chi connectivity index (χ1) is 10.0. The topological polar surface area (TPSA) is 93.5 Å². The molecule has 0 amide bonds. The summed E-state index contributed by atoms with van der Waals surface area (Å²) in [6, 6.07) is 11.8. The van der Waals surface area contributed by atoms with Crippen LogP contribution in [0, 0.1) is 0 Å². The SMILES string of the molecule is Nc1ccc(Oc2ccc3c(c2)S(=O)(=O)NCCN3)cc1. The summed E-state index contributed by atoms with van der Waals surface area (Å²) in [6.45, 7) is 0.898. The van der Waals surface area contributed by atoms with Crippen molar-refractivity contribution in [2.75, 3.05) is 24.1 Å². The zero-order valence-electron chi connectivity index (χ0n) is 11.2. The van der Waals surface area contributed by atoms with Gasteiger partial charge >= 0.3 is 0 Å². The molecule has 2 aromatic rings. The van der Waals surface area contributed by atoms with Crippen LogP contribution >= 0.6 is 0 Å². The van der Waals surface area contributed by atoms with Crippen LogP contribution in [-0.4, -0.2) is 21.5 Å². The number of fused-ring (bicyclic) bond motifs is 1. The largest absolute Gasteiger partial charge is 0.457 e. The van der Waals surface area contributed by atoms with Crippen molar-refractivity contribution >= 4 is 21.4 Å². The Morgan fingerprint density at radius 2 is 1.71 bits per heavy atom. The third kappa shape index (κ3) is 2.93. The van der Waals surface area contributed by atoms with Crippen LogP contribution < -0.4 is 20.5 Å². The Morgan fingerprint density at radius 3 is 2.48 bits per heavy atom. The molecule has 1 aliphatic heterocycles. The van der Waals surface area contributed by atoms with Gasteiger partial charge in [0.1, 0.15) is 16.4 Å². The molecule has 0 atom stereocenters. The van der Waals surface area contributed by atoms with Crippen LogP contribution in [0.4, 0.5) is 11.4 Å². The minimum Gasteiger partial charge on any atom is -0.457 e. The fourth-order valence-electron chi connectivity index (χ4n) is 2.07. The first-order valence-electron chi connectivity index (χ1n) is 6.46. The zero-order chi connectivity index (χ0) is 14.9. The molecule has 0 fully saturated rings. The maximum absolute atomic E-state index is 12.1. The van der Waals surface area contributed by atoms with E-state index >= 15 is 0 Å². The van der Waals surface area contributed by atoms with E-state index in [4.69, 9.17) is 10.5 Å². The van der Waals surface area contributed by atoms with Crippen LogP contribution in [0.25, 0.3) is 0 Å². The van der Waals surface area contributed by atoms with E-state index in [1.54, 1.807) is 36.4 Å². The molecule has 1 heterocycles. The lowest BCUT2D eigenvalue weighted by atomic mass is 10.3. The highest BCUT2D eigenvalue weighted by atomic mass is 32.2. The van der Waals surface area contributed by atoms with Crippen molar-refractivity contribution in [1.82, 2.24) is 4.72 Å². The summed E-state index contributed by atoms with van der Waals surface area (Å²) in [5, 5.41) is 3.07. The van der Waals surface area contributed by atoms with Crippen molar-refractivity contribution < 1.29 is 13.2 Å². The fraction of sp³-hybridized carbons (Fsp3) is 0.143. The second-order valence-corrected chi connectivity index (χ2v) is 6.39. The van der Waals surface area contributed by atoms with Gasteiger partial charge in [-0.25, -0.2) is 13.1 Å². The van der Waals surface area contributed by atoms with Crippen molar-refractivity contribution in [2.45, 2.75) is 4.90 Å². The number of nitrogens with one attached hydrogen (secondary N) is 2. The summed E-state index contributed by atoms with van der Waals surface area (Å²) >= 11 is 0. The van der Waals surface area contributed by atoms with Gasteiger partial charge in [-0.2, -0.15) is 0 Å². The Balaban J connectivity index is 1.95. The zero-order valence-corrected chi connectivity index (χ0v) is 12.0. The van der Waals surface area contributed by atoms with Crippen LogP contribution in [0.5, 0.6) is 11.5 Å². The van der Waals surface area contributed by atoms with Crippen LogP contribution in [0.2, 0.25) is 0 Å². The van der Waals surface area contributed by atoms with Crippen molar-refractivity contribution in [3.05, 3.63) is 42.5 Å². The van der Waals surface area contributed by atoms with Gasteiger partial charge in [0.2, 0.25) is 10.0 Å². The average molecular weight is 305 g/mol. The molecule has 7 heteroatoms. The molecule has 3 rings (SSSR count). The van der Waals surface area contributed by atoms with Gasteiger partial charge in [-0.1, -0.05) is 0 Å². The van der Waals surface area contributed by atoms with E-state index < -0.39 is 10.0 Å². The molecule has 110 valence electrons. The molecular formula is C14H15N3O3S. The Morgan fingerprint density at radius 1 is 1.00 bits per heavy atom. The lowest BCUT2D eigenvalue weighted by Crippen LogP contribution is -2.25. The van der Waals surface area contributed by atoms with Gasteiger partial charge in [0.05, 0.1) is 5.69 Å². The Labute approximate surface area is 123 Å². The molecule has 0 saturated heterocycles. The normalized spacial score (nSPS) is 16.4. The first kappa shape index (κ1) is 13.7. The molecule has 21 heavy (non-hydrogen) atoms. The fourth-order valence-corrected chi connectivity index (χ4v) is 3.29. The third-order valence-corrected chi connectivity index (χ3v) is 4.59. The minimum absolute atomic E-state index is 0.188. The minimum atomic E-state index is -3.51. The number of ether oxygens (including phenoxy) is 1. The molecule has 0 saturated carbocycles. The smallest absolute Gasteiger partial charge is 0.242 e. The lowest BCUT2D eigenvalue weighted by Gasteiger charge is -2.11. The number of anilines is 2. The van der Waals surface area contributed by atoms with Crippen molar-refractivity contribution in [1.29, 1.82) is 0 Å². The highest BCUT2D eigenvalue weighted by Gasteiger charge is 2.21. The average Bonchev–Trinajstić information content (AvgIpc) is 2.61. The van der Waals surface area contributed by atoms with Gasteiger partial charge in [0.25, 0.3) is 0 Å². The van der Waals surface area contributed by atoms with Gasteiger partial charge in [0, 0.05) is 24.8 Å². The van der Waals surface area contributed by atoms with Crippen LogP contribution in [0.1, 0.15) is 0 Å². The predicted molar refractivity (Wildman–Crippen MR) is 81.0 cm³/mol. The molecule has 0 radical (unpaired) electrons. The molecule has 2 aromatic carbocycles. The first-order valence-corrected chi connectivity index (χ1v) is 7.94. The van der Waals surface area contributed by atoms with Crippen molar-refractivity contribution in [3.63, 3.8) is 0 Å². The molecule has 4 N–H and O–H groups in total. The number of benzene rings is 2. The van der Waals surface area contributed by atoms with Crippen LogP contribution in [0.15, 0.2) is 47.4 Å². The van der Waals surface area contributed by atoms with Crippen LogP contribution in [0.3, 0.4) is 0 Å². The lowest BCUT2D eigenvalue weighted by molar-refractivity contribution is 0.481. The molecular weight excluding hydrogens is 290 g/mol. The van der Waals surface area contributed by atoms with E-state index in [-0.39, 0.29) is 4.90 Å². The van der Waals surface area contributed by atoms with Crippen molar-refractivity contribution in [2.24, 2.45) is 0 Å². The summed E-state index contributed by atoms with van der Waals surface area (Å²) in [5.41, 5.74) is 6.83. The van der Waals surface area contributed by atoms with E-state index in [9.17, 15) is 8.42 Å². The maximum Gasteiger partial charge on any atom is 0.242 e. The highest BCUT2D eigenvalue weighted by Crippen LogP contribution is 2.30. The maximum atomic E-state index is 12.1. The van der Waals surface area contributed by atoms with Gasteiger partial charge in [-0.05, 0) is 36.4 Å². The molecule has 6 nitrogen and oxygen atoms in total. The van der Waals surface area contributed by atoms with Gasteiger partial charge < -0.3 is 15.8 Å². The Bertz CT molecular complexity index is 758. The number of nitrogens with two attached hydrogens (primary N) is 1. The monoisotopic (exact) mass is 305 g/mol. The van der Waals surface area contributed by atoms with Gasteiger partial charge in [-0.15, -0.1) is 0 Å². The molecule has 0 unspecified atom stereocenters. The van der Waals surface area contributed by atoms with E-state index in [0.717, 1.165) is 0 Å². The third-order valence-electron chi connectivity index (χ3n) is 3.09. The van der Waals surface area contributed by atoms with Crippen LogP contribution in [-0.2, 0) is 10.0 Å². The second-order valence-electron chi connectivity index (χ2n) is 4.65. The van der Waals surface area contributed by atoms with Gasteiger partial charge in [0.15, 0.2) is 0 Å². The van der Waals surface area contributed by atoms with Crippen molar-refractivity contribution in [3.8, 4) is 11.5 Å². The predicted octanol–water partition coefficient (Wildman–Crippen LogP) is 1.76. The summed E-state index contributed by atoms with van der Waals surface area (Å²) < 4.78 is 32.4. The summed E-state index contributed by atoms with van der Waals surface area (Å²) in [5.74, 6) is 1.05. The molecule has 0 aromatic heterocycles.